The molecule has 1 amide bonds. The van der Waals surface area contributed by atoms with Gasteiger partial charge in [0.2, 0.25) is 0 Å². The maximum absolute atomic E-state index is 11.9. The molecule has 0 bridgehead atoms. The second-order valence-corrected chi connectivity index (χ2v) is 4.74. The van der Waals surface area contributed by atoms with Gasteiger partial charge in [0.15, 0.2) is 0 Å². The summed E-state index contributed by atoms with van der Waals surface area (Å²) in [5.74, 6) is 0.185. The van der Waals surface area contributed by atoms with Crippen molar-refractivity contribution in [2.45, 2.75) is 6.92 Å². The van der Waals surface area contributed by atoms with Gasteiger partial charge in [-0.15, -0.1) is 11.3 Å². The van der Waals surface area contributed by atoms with Gasteiger partial charge in [0.05, 0.1) is 4.88 Å². The standard InChI is InChI=1S/C10H14N2OS/c1-8-2-3-9(14-8)10(13)12-6-4-11-5-7-12/h2-3,11H,4-7H2,1H3. The molecule has 1 fully saturated rings. The number of hydrogen-bond donors (Lipinski definition) is 1. The summed E-state index contributed by atoms with van der Waals surface area (Å²) in [5, 5.41) is 3.24. The van der Waals surface area contributed by atoms with Crippen LogP contribution in [0.5, 0.6) is 0 Å². The predicted octanol–water partition coefficient (Wildman–Crippen LogP) is 1.10. The van der Waals surface area contributed by atoms with Crippen LogP contribution in [0.1, 0.15) is 14.5 Å². The van der Waals surface area contributed by atoms with Crippen LogP contribution in [-0.4, -0.2) is 37.0 Å². The number of amides is 1. The summed E-state index contributed by atoms with van der Waals surface area (Å²) in [6.07, 6.45) is 0. The third-order valence-corrected chi connectivity index (χ3v) is 3.34. The van der Waals surface area contributed by atoms with Crippen LogP contribution in [0.4, 0.5) is 0 Å². The molecule has 1 aromatic heterocycles. The highest BCUT2D eigenvalue weighted by molar-refractivity contribution is 7.13. The highest BCUT2D eigenvalue weighted by atomic mass is 32.1. The zero-order chi connectivity index (χ0) is 9.97. The summed E-state index contributed by atoms with van der Waals surface area (Å²) < 4.78 is 0. The van der Waals surface area contributed by atoms with Gasteiger partial charge in [0.25, 0.3) is 5.91 Å². The largest absolute Gasteiger partial charge is 0.335 e. The molecule has 0 unspecified atom stereocenters. The molecule has 0 saturated carbocycles. The van der Waals surface area contributed by atoms with E-state index in [2.05, 4.69) is 5.32 Å². The summed E-state index contributed by atoms with van der Waals surface area (Å²) in [6, 6.07) is 3.92. The minimum absolute atomic E-state index is 0.185. The average molecular weight is 210 g/mol. The highest BCUT2D eigenvalue weighted by Crippen LogP contribution is 2.17. The number of carbonyl (C=O) groups is 1. The van der Waals surface area contributed by atoms with E-state index in [0.717, 1.165) is 31.1 Å². The Morgan fingerprint density at radius 2 is 2.14 bits per heavy atom. The summed E-state index contributed by atoms with van der Waals surface area (Å²) >= 11 is 1.58. The van der Waals surface area contributed by atoms with Gasteiger partial charge < -0.3 is 10.2 Å². The van der Waals surface area contributed by atoms with Gasteiger partial charge in [0, 0.05) is 31.1 Å². The van der Waals surface area contributed by atoms with Crippen molar-refractivity contribution in [3.05, 3.63) is 21.9 Å². The number of rotatable bonds is 1. The number of nitrogens with one attached hydrogen (secondary N) is 1. The molecule has 4 heteroatoms. The second kappa shape index (κ2) is 4.11. The maximum atomic E-state index is 11.9. The monoisotopic (exact) mass is 210 g/mol. The van der Waals surface area contributed by atoms with Crippen LogP contribution in [0, 0.1) is 6.92 Å². The SMILES string of the molecule is Cc1ccc(C(=O)N2CCNCC2)s1. The first kappa shape index (κ1) is 9.68. The van der Waals surface area contributed by atoms with E-state index in [-0.39, 0.29) is 5.91 Å². The number of aryl methyl sites for hydroxylation is 1. The first-order chi connectivity index (χ1) is 6.77. The molecule has 1 N–H and O–H groups in total. The first-order valence-corrected chi connectivity index (χ1v) is 5.65. The van der Waals surface area contributed by atoms with E-state index >= 15 is 0 Å². The van der Waals surface area contributed by atoms with Crippen LogP contribution in [0.2, 0.25) is 0 Å². The van der Waals surface area contributed by atoms with Gasteiger partial charge in [-0.05, 0) is 19.1 Å². The molecule has 2 heterocycles. The van der Waals surface area contributed by atoms with Crippen molar-refractivity contribution < 1.29 is 4.79 Å². The Morgan fingerprint density at radius 3 is 2.71 bits per heavy atom. The molecule has 0 aliphatic carbocycles. The molecule has 3 nitrogen and oxygen atoms in total. The fourth-order valence-electron chi connectivity index (χ4n) is 1.57. The predicted molar refractivity (Wildman–Crippen MR) is 57.8 cm³/mol. The molecule has 14 heavy (non-hydrogen) atoms. The number of nitrogens with zero attached hydrogens (tertiary/aromatic N) is 1. The van der Waals surface area contributed by atoms with E-state index < -0.39 is 0 Å². The second-order valence-electron chi connectivity index (χ2n) is 3.45. The summed E-state index contributed by atoms with van der Waals surface area (Å²) in [7, 11) is 0. The van der Waals surface area contributed by atoms with Crippen LogP contribution in [-0.2, 0) is 0 Å². The van der Waals surface area contributed by atoms with Crippen molar-refractivity contribution in [1.29, 1.82) is 0 Å². The molecule has 76 valence electrons. The molecule has 1 aromatic rings. The molecule has 1 saturated heterocycles. The van der Waals surface area contributed by atoms with Crippen molar-refractivity contribution in [3.8, 4) is 0 Å². The Kier molecular flexibility index (Phi) is 2.84. The van der Waals surface area contributed by atoms with E-state index in [0.29, 0.717) is 0 Å². The lowest BCUT2D eigenvalue weighted by Crippen LogP contribution is -2.46. The molecular formula is C10H14N2OS. The molecule has 0 aromatic carbocycles. The van der Waals surface area contributed by atoms with Gasteiger partial charge >= 0.3 is 0 Å². The minimum atomic E-state index is 0.185. The molecule has 0 radical (unpaired) electrons. The summed E-state index contributed by atoms with van der Waals surface area (Å²) in [4.78, 5) is 15.9. The topological polar surface area (TPSA) is 32.3 Å². The van der Waals surface area contributed by atoms with E-state index in [1.54, 1.807) is 11.3 Å². The number of hydrogen-bond acceptors (Lipinski definition) is 3. The van der Waals surface area contributed by atoms with Gasteiger partial charge in [-0.1, -0.05) is 0 Å². The zero-order valence-electron chi connectivity index (χ0n) is 8.25. The van der Waals surface area contributed by atoms with E-state index in [1.807, 2.05) is 24.0 Å². The Balaban J connectivity index is 2.07. The van der Waals surface area contributed by atoms with Gasteiger partial charge in [-0.25, -0.2) is 0 Å². The molecule has 1 aliphatic heterocycles. The van der Waals surface area contributed by atoms with Gasteiger partial charge in [-0.3, -0.25) is 4.79 Å². The van der Waals surface area contributed by atoms with Crippen molar-refractivity contribution >= 4 is 17.2 Å². The Morgan fingerprint density at radius 1 is 1.43 bits per heavy atom. The lowest BCUT2D eigenvalue weighted by molar-refractivity contribution is 0.0740. The third kappa shape index (κ3) is 1.96. The zero-order valence-corrected chi connectivity index (χ0v) is 9.06. The van der Waals surface area contributed by atoms with Gasteiger partial charge in [-0.2, -0.15) is 0 Å². The molecule has 2 rings (SSSR count). The lowest BCUT2D eigenvalue weighted by Gasteiger charge is -2.26. The average Bonchev–Trinajstić information content (AvgIpc) is 2.65. The number of piperazine rings is 1. The van der Waals surface area contributed by atoms with Crippen LogP contribution in [0.15, 0.2) is 12.1 Å². The lowest BCUT2D eigenvalue weighted by atomic mass is 10.3. The Labute approximate surface area is 87.7 Å². The van der Waals surface area contributed by atoms with Crippen molar-refractivity contribution in [3.63, 3.8) is 0 Å². The Hall–Kier alpha value is -0.870. The summed E-state index contributed by atoms with van der Waals surface area (Å²) in [5.41, 5.74) is 0. The fraction of sp³-hybridized carbons (Fsp3) is 0.500. The molecule has 0 atom stereocenters. The molecular weight excluding hydrogens is 196 g/mol. The van der Waals surface area contributed by atoms with Crippen molar-refractivity contribution in [2.75, 3.05) is 26.2 Å². The van der Waals surface area contributed by atoms with Gasteiger partial charge in [0.1, 0.15) is 0 Å². The quantitative estimate of drug-likeness (QED) is 0.753. The van der Waals surface area contributed by atoms with Crippen molar-refractivity contribution in [1.82, 2.24) is 10.2 Å². The van der Waals surface area contributed by atoms with Crippen LogP contribution < -0.4 is 5.32 Å². The first-order valence-electron chi connectivity index (χ1n) is 4.84. The third-order valence-electron chi connectivity index (χ3n) is 2.36. The number of carbonyl (C=O) groups excluding carboxylic acids is 1. The Bertz CT molecular complexity index is 329. The van der Waals surface area contributed by atoms with E-state index in [4.69, 9.17) is 0 Å². The summed E-state index contributed by atoms with van der Waals surface area (Å²) in [6.45, 7) is 5.51. The number of thiophene rings is 1. The minimum Gasteiger partial charge on any atom is -0.335 e. The van der Waals surface area contributed by atoms with Crippen LogP contribution in [0.3, 0.4) is 0 Å². The van der Waals surface area contributed by atoms with E-state index in [1.165, 1.54) is 4.88 Å². The highest BCUT2D eigenvalue weighted by Gasteiger charge is 2.18. The van der Waals surface area contributed by atoms with Crippen LogP contribution >= 0.6 is 11.3 Å². The smallest absolute Gasteiger partial charge is 0.264 e. The molecule has 0 spiro atoms. The fourth-order valence-corrected chi connectivity index (χ4v) is 2.41. The normalized spacial score (nSPS) is 17.1. The van der Waals surface area contributed by atoms with Crippen molar-refractivity contribution in [2.24, 2.45) is 0 Å². The maximum Gasteiger partial charge on any atom is 0.264 e. The van der Waals surface area contributed by atoms with E-state index in [9.17, 15) is 4.79 Å². The van der Waals surface area contributed by atoms with Crippen LogP contribution in [0.25, 0.3) is 0 Å². The molecule has 1 aliphatic rings.